The number of halogens is 1. The molecule has 0 aromatic heterocycles. The molecule has 0 spiro atoms. The molecular formula is C11H10FNO3S. The summed E-state index contributed by atoms with van der Waals surface area (Å²) in [6.45, 7) is 0. The topological polar surface area (TPSA) is 60.2 Å². The Morgan fingerprint density at radius 1 is 1.53 bits per heavy atom. The first-order valence-corrected chi connectivity index (χ1v) is 6.31. The van der Waals surface area contributed by atoms with Gasteiger partial charge in [-0.05, 0) is 24.3 Å². The Balaban J connectivity index is 2.38. The molecule has 1 aromatic carbocycles. The quantitative estimate of drug-likeness (QED) is 0.473. The van der Waals surface area contributed by atoms with Gasteiger partial charge in [-0.1, -0.05) is 0 Å². The highest BCUT2D eigenvalue weighted by Gasteiger charge is 2.29. The molecule has 1 fully saturated rings. The molecule has 1 unspecified atom stereocenters. The number of Topliss-reactive ketones (excluding diaryl/α,β-unsaturated/α-hetero) is 1. The van der Waals surface area contributed by atoms with Gasteiger partial charge in [-0.3, -0.25) is 14.9 Å². The fraction of sp³-hybridized carbons (Fsp3) is 0.364. The molecule has 0 bridgehead atoms. The zero-order chi connectivity index (χ0) is 12.4. The smallest absolute Gasteiger partial charge is 0.280 e. The van der Waals surface area contributed by atoms with Crippen molar-refractivity contribution >= 4 is 23.2 Å². The number of benzene rings is 1. The summed E-state index contributed by atoms with van der Waals surface area (Å²) in [5, 5.41) is 10.8. The molecule has 0 aliphatic carbocycles. The van der Waals surface area contributed by atoms with Crippen molar-refractivity contribution in [3.05, 3.63) is 39.7 Å². The zero-order valence-electron chi connectivity index (χ0n) is 8.89. The molecule has 1 aromatic rings. The molecule has 1 atom stereocenters. The summed E-state index contributed by atoms with van der Waals surface area (Å²) in [7, 11) is 0. The lowest BCUT2D eigenvalue weighted by molar-refractivity contribution is -0.385. The van der Waals surface area contributed by atoms with Crippen LogP contribution in [0.4, 0.5) is 10.1 Å². The lowest BCUT2D eigenvalue weighted by Crippen LogP contribution is -2.15. The third kappa shape index (κ3) is 2.46. The molecule has 0 N–H and O–H groups in total. The highest BCUT2D eigenvalue weighted by molar-refractivity contribution is 7.99. The second-order valence-corrected chi connectivity index (χ2v) is 4.99. The largest absolute Gasteiger partial charge is 0.294 e. The maximum Gasteiger partial charge on any atom is 0.280 e. The molecule has 17 heavy (non-hydrogen) atoms. The van der Waals surface area contributed by atoms with Crippen molar-refractivity contribution < 1.29 is 14.1 Å². The van der Waals surface area contributed by atoms with Crippen LogP contribution in [0.15, 0.2) is 18.2 Å². The van der Waals surface area contributed by atoms with Gasteiger partial charge in [0, 0.05) is 17.7 Å². The van der Waals surface area contributed by atoms with Gasteiger partial charge in [0.05, 0.1) is 10.5 Å². The van der Waals surface area contributed by atoms with Crippen molar-refractivity contribution in [2.24, 2.45) is 5.92 Å². The van der Waals surface area contributed by atoms with E-state index in [0.717, 1.165) is 24.0 Å². The third-order valence-electron chi connectivity index (χ3n) is 2.72. The summed E-state index contributed by atoms with van der Waals surface area (Å²) in [4.78, 5) is 22.2. The van der Waals surface area contributed by atoms with E-state index in [1.807, 2.05) is 0 Å². The molecule has 0 amide bonds. The van der Waals surface area contributed by atoms with Gasteiger partial charge < -0.3 is 0 Å². The number of hydrogen-bond acceptors (Lipinski definition) is 4. The van der Waals surface area contributed by atoms with Crippen LogP contribution in [0.5, 0.6) is 0 Å². The van der Waals surface area contributed by atoms with Gasteiger partial charge >= 0.3 is 0 Å². The first-order chi connectivity index (χ1) is 8.09. The van der Waals surface area contributed by atoms with Gasteiger partial charge in [-0.25, -0.2) is 4.39 Å². The number of ketones is 1. The number of carbonyl (C=O) groups is 1. The zero-order valence-corrected chi connectivity index (χ0v) is 9.71. The summed E-state index contributed by atoms with van der Waals surface area (Å²) >= 11 is 1.64. The van der Waals surface area contributed by atoms with Crippen LogP contribution in [0.25, 0.3) is 0 Å². The molecule has 1 aliphatic heterocycles. The Labute approximate surface area is 101 Å². The molecule has 4 nitrogen and oxygen atoms in total. The van der Waals surface area contributed by atoms with E-state index < -0.39 is 10.7 Å². The average Bonchev–Trinajstić information content (AvgIpc) is 2.80. The molecular weight excluding hydrogens is 245 g/mol. The van der Waals surface area contributed by atoms with Crippen LogP contribution in [0.2, 0.25) is 0 Å². The average molecular weight is 255 g/mol. The number of carbonyl (C=O) groups excluding carboxylic acids is 1. The minimum atomic E-state index is -0.644. The number of rotatable bonds is 3. The molecule has 6 heteroatoms. The first-order valence-electron chi connectivity index (χ1n) is 5.15. The van der Waals surface area contributed by atoms with Gasteiger partial charge in [0.15, 0.2) is 5.78 Å². The number of hydrogen-bond donors (Lipinski definition) is 0. The molecule has 1 heterocycles. The Morgan fingerprint density at radius 2 is 2.29 bits per heavy atom. The van der Waals surface area contributed by atoms with Crippen LogP contribution in [0.3, 0.4) is 0 Å². The van der Waals surface area contributed by atoms with Crippen molar-refractivity contribution in [3.63, 3.8) is 0 Å². The fourth-order valence-electron chi connectivity index (χ4n) is 1.83. The lowest BCUT2D eigenvalue weighted by Gasteiger charge is -2.07. The van der Waals surface area contributed by atoms with Gasteiger partial charge in [-0.15, -0.1) is 0 Å². The Morgan fingerprint density at radius 3 is 2.88 bits per heavy atom. The summed E-state index contributed by atoms with van der Waals surface area (Å²) < 4.78 is 13.1. The van der Waals surface area contributed by atoms with Crippen molar-refractivity contribution in [1.29, 1.82) is 0 Å². The molecule has 1 saturated heterocycles. The van der Waals surface area contributed by atoms with Crippen molar-refractivity contribution in [3.8, 4) is 0 Å². The third-order valence-corrected chi connectivity index (χ3v) is 3.88. The van der Waals surface area contributed by atoms with E-state index in [1.54, 1.807) is 11.8 Å². The van der Waals surface area contributed by atoms with E-state index in [1.165, 1.54) is 0 Å². The van der Waals surface area contributed by atoms with Crippen molar-refractivity contribution in [1.82, 2.24) is 0 Å². The molecule has 2 rings (SSSR count). The van der Waals surface area contributed by atoms with E-state index in [0.29, 0.717) is 12.2 Å². The summed E-state index contributed by atoms with van der Waals surface area (Å²) in [5.41, 5.74) is -0.421. The van der Waals surface area contributed by atoms with Crippen molar-refractivity contribution in [2.75, 3.05) is 11.5 Å². The van der Waals surface area contributed by atoms with Crippen LogP contribution in [0, 0.1) is 21.8 Å². The van der Waals surface area contributed by atoms with E-state index in [-0.39, 0.29) is 23.0 Å². The van der Waals surface area contributed by atoms with Crippen molar-refractivity contribution in [2.45, 2.75) is 6.42 Å². The predicted molar refractivity (Wildman–Crippen MR) is 62.8 cm³/mol. The van der Waals surface area contributed by atoms with Crippen LogP contribution in [-0.2, 0) is 0 Å². The maximum atomic E-state index is 13.1. The van der Waals surface area contributed by atoms with Gasteiger partial charge in [0.1, 0.15) is 5.82 Å². The second-order valence-electron chi connectivity index (χ2n) is 3.84. The second kappa shape index (κ2) is 4.83. The van der Waals surface area contributed by atoms with Gasteiger partial charge in [-0.2, -0.15) is 11.8 Å². The summed E-state index contributed by atoms with van der Waals surface area (Å²) in [6.07, 6.45) is 0.706. The normalized spacial score (nSPS) is 19.2. The summed E-state index contributed by atoms with van der Waals surface area (Å²) in [5.74, 6) is 0.373. The van der Waals surface area contributed by atoms with Crippen LogP contribution in [-0.4, -0.2) is 22.2 Å². The molecule has 90 valence electrons. The van der Waals surface area contributed by atoms with Crippen LogP contribution in [0.1, 0.15) is 16.8 Å². The van der Waals surface area contributed by atoms with Gasteiger partial charge in [0.25, 0.3) is 5.69 Å². The first kappa shape index (κ1) is 12.0. The Kier molecular flexibility index (Phi) is 3.42. The molecule has 1 aliphatic rings. The number of nitro groups is 1. The monoisotopic (exact) mass is 255 g/mol. The molecule has 0 radical (unpaired) electrons. The Bertz CT molecular complexity index is 472. The standard InChI is InChI=1S/C11H10FNO3S/c12-8-1-2-10(13(15)16)9(5-8)11(14)7-3-4-17-6-7/h1-2,5,7H,3-4,6H2. The predicted octanol–water partition coefficient (Wildman–Crippen LogP) is 2.67. The van der Waals surface area contributed by atoms with E-state index in [9.17, 15) is 19.3 Å². The minimum absolute atomic E-state index is 0.109. The number of nitro benzene ring substituents is 1. The highest BCUT2D eigenvalue weighted by Crippen LogP contribution is 2.30. The highest BCUT2D eigenvalue weighted by atomic mass is 32.2. The Hall–Kier alpha value is -1.43. The SMILES string of the molecule is O=C(c1cc(F)ccc1[N+](=O)[O-])C1CCSC1. The van der Waals surface area contributed by atoms with Crippen LogP contribution < -0.4 is 0 Å². The molecule has 0 saturated carbocycles. The number of thioether (sulfide) groups is 1. The minimum Gasteiger partial charge on any atom is -0.294 e. The van der Waals surface area contributed by atoms with Crippen LogP contribution >= 0.6 is 11.8 Å². The van der Waals surface area contributed by atoms with Gasteiger partial charge in [0.2, 0.25) is 0 Å². The van der Waals surface area contributed by atoms with E-state index in [2.05, 4.69) is 0 Å². The van der Waals surface area contributed by atoms with E-state index in [4.69, 9.17) is 0 Å². The number of nitrogens with zero attached hydrogens (tertiary/aromatic N) is 1. The maximum absolute atomic E-state index is 13.1. The fourth-order valence-corrected chi connectivity index (χ4v) is 3.05. The lowest BCUT2D eigenvalue weighted by atomic mass is 9.96. The van der Waals surface area contributed by atoms with E-state index >= 15 is 0 Å². The summed E-state index contributed by atoms with van der Waals surface area (Å²) in [6, 6.07) is 3.01.